The second kappa shape index (κ2) is 7.92. The molecule has 0 spiro atoms. The summed E-state index contributed by atoms with van der Waals surface area (Å²) >= 11 is 0. The fourth-order valence-electron chi connectivity index (χ4n) is 3.83. The van der Waals surface area contributed by atoms with Crippen molar-refractivity contribution in [3.63, 3.8) is 0 Å². The quantitative estimate of drug-likeness (QED) is 0.600. The van der Waals surface area contributed by atoms with Crippen LogP contribution in [0.5, 0.6) is 0 Å². The van der Waals surface area contributed by atoms with Gasteiger partial charge < -0.3 is 9.47 Å². The van der Waals surface area contributed by atoms with E-state index >= 15 is 0 Å². The summed E-state index contributed by atoms with van der Waals surface area (Å²) in [4.78, 5) is 18.0. The molecule has 0 radical (unpaired) electrons. The van der Waals surface area contributed by atoms with Gasteiger partial charge in [-0.25, -0.2) is 9.79 Å². The number of hydrogen-bond donors (Lipinski definition) is 0. The highest BCUT2D eigenvalue weighted by atomic mass is 16.5. The number of aryl methyl sites for hydroxylation is 1. The summed E-state index contributed by atoms with van der Waals surface area (Å²) in [5.74, 6) is 0.0521. The highest BCUT2D eigenvalue weighted by Crippen LogP contribution is 2.42. The zero-order valence-corrected chi connectivity index (χ0v) is 16.5. The second-order valence-corrected chi connectivity index (χ2v) is 7.27. The number of aliphatic imine (C=N–C) groups is 1. The molecular weight excluding hydrogens is 362 g/mol. The molecular formula is C25H23NO3. The van der Waals surface area contributed by atoms with Crippen molar-refractivity contribution in [2.45, 2.75) is 25.0 Å². The third-order valence-corrected chi connectivity index (χ3v) is 5.18. The molecule has 0 aliphatic carbocycles. The van der Waals surface area contributed by atoms with Crippen molar-refractivity contribution in [3.8, 4) is 0 Å². The van der Waals surface area contributed by atoms with Crippen LogP contribution in [0.15, 0.2) is 89.9 Å². The summed E-state index contributed by atoms with van der Waals surface area (Å²) < 4.78 is 11.6. The predicted molar refractivity (Wildman–Crippen MR) is 113 cm³/mol. The van der Waals surface area contributed by atoms with Gasteiger partial charge in [0.2, 0.25) is 11.4 Å². The molecule has 2 atom stereocenters. The van der Waals surface area contributed by atoms with Crippen LogP contribution in [0.25, 0.3) is 0 Å². The first-order valence-corrected chi connectivity index (χ1v) is 9.63. The molecule has 0 saturated heterocycles. The normalized spacial score (nSPS) is 20.6. The van der Waals surface area contributed by atoms with Gasteiger partial charge in [-0.15, -0.1) is 0 Å². The number of rotatable bonds is 5. The van der Waals surface area contributed by atoms with Gasteiger partial charge in [0.1, 0.15) is 0 Å². The maximum atomic E-state index is 13.2. The van der Waals surface area contributed by atoms with Crippen LogP contribution in [-0.4, -0.2) is 24.5 Å². The molecule has 4 rings (SSSR count). The lowest BCUT2D eigenvalue weighted by atomic mass is 9.82. The summed E-state index contributed by atoms with van der Waals surface area (Å²) in [6.45, 7) is 2.03. The smallest absolute Gasteiger partial charge is 0.338 e. The van der Waals surface area contributed by atoms with E-state index in [1.807, 2.05) is 85.8 Å². The fourth-order valence-corrected chi connectivity index (χ4v) is 3.83. The van der Waals surface area contributed by atoms with Gasteiger partial charge in [0, 0.05) is 12.0 Å². The monoisotopic (exact) mass is 385 g/mol. The first kappa shape index (κ1) is 18.9. The topological polar surface area (TPSA) is 47.9 Å². The number of carbonyl (C=O) groups excluding carboxylic acids is 1. The van der Waals surface area contributed by atoms with Crippen molar-refractivity contribution in [3.05, 3.63) is 107 Å². The molecule has 0 saturated carbocycles. The van der Waals surface area contributed by atoms with Crippen molar-refractivity contribution in [2.24, 2.45) is 4.99 Å². The molecule has 1 aliphatic heterocycles. The molecule has 0 amide bonds. The summed E-state index contributed by atoms with van der Waals surface area (Å²) in [5.41, 5.74) is 2.67. The van der Waals surface area contributed by atoms with Crippen molar-refractivity contribution in [2.75, 3.05) is 7.11 Å². The average molecular weight is 385 g/mol. The van der Waals surface area contributed by atoms with E-state index in [2.05, 4.69) is 6.07 Å². The van der Waals surface area contributed by atoms with Crippen molar-refractivity contribution >= 4 is 11.9 Å². The van der Waals surface area contributed by atoms with Crippen molar-refractivity contribution < 1.29 is 14.3 Å². The molecule has 4 nitrogen and oxygen atoms in total. The van der Waals surface area contributed by atoms with Crippen molar-refractivity contribution in [1.82, 2.24) is 0 Å². The Labute approximate surface area is 170 Å². The SMILES string of the molecule is COC(=O)[C@@]1(Cc2cccc(C)c2)N=C(c2ccccc2)O[C@H]1c1ccccc1. The van der Waals surface area contributed by atoms with Gasteiger partial charge in [0.25, 0.3) is 0 Å². The van der Waals surface area contributed by atoms with Crippen LogP contribution in [0.3, 0.4) is 0 Å². The summed E-state index contributed by atoms with van der Waals surface area (Å²) in [7, 11) is 1.40. The van der Waals surface area contributed by atoms with Gasteiger partial charge in [-0.05, 0) is 30.2 Å². The molecule has 0 unspecified atom stereocenters. The van der Waals surface area contributed by atoms with E-state index in [4.69, 9.17) is 14.5 Å². The van der Waals surface area contributed by atoms with Gasteiger partial charge in [0.05, 0.1) is 7.11 Å². The molecule has 1 aliphatic rings. The second-order valence-electron chi connectivity index (χ2n) is 7.27. The Bertz CT molecular complexity index is 1030. The lowest BCUT2D eigenvalue weighted by Crippen LogP contribution is -2.44. The Kier molecular flexibility index (Phi) is 5.17. The molecule has 0 bridgehead atoms. The highest BCUT2D eigenvalue weighted by Gasteiger charge is 2.54. The Morgan fingerprint density at radius 2 is 1.69 bits per heavy atom. The van der Waals surface area contributed by atoms with Crippen LogP contribution >= 0.6 is 0 Å². The van der Waals surface area contributed by atoms with E-state index in [1.165, 1.54) is 7.11 Å². The Balaban J connectivity index is 1.86. The minimum atomic E-state index is -1.20. The molecule has 0 aromatic heterocycles. The minimum Gasteiger partial charge on any atom is -0.467 e. The van der Waals surface area contributed by atoms with Crippen molar-refractivity contribution in [1.29, 1.82) is 0 Å². The maximum absolute atomic E-state index is 13.2. The van der Waals surface area contributed by atoms with Crippen LogP contribution in [0.4, 0.5) is 0 Å². The predicted octanol–water partition coefficient (Wildman–Crippen LogP) is 4.67. The number of nitrogens with zero attached hydrogens (tertiary/aromatic N) is 1. The highest BCUT2D eigenvalue weighted by molar-refractivity contribution is 5.99. The van der Waals surface area contributed by atoms with Crippen LogP contribution in [-0.2, 0) is 20.7 Å². The van der Waals surface area contributed by atoms with Gasteiger partial charge in [-0.2, -0.15) is 0 Å². The average Bonchev–Trinajstić information content (AvgIpc) is 3.15. The van der Waals surface area contributed by atoms with Gasteiger partial charge in [-0.3, -0.25) is 0 Å². The molecule has 3 aromatic rings. The van der Waals surface area contributed by atoms with E-state index in [-0.39, 0.29) is 0 Å². The Morgan fingerprint density at radius 3 is 2.34 bits per heavy atom. The van der Waals surface area contributed by atoms with Gasteiger partial charge in [-0.1, -0.05) is 78.4 Å². The number of esters is 1. The first-order valence-electron chi connectivity index (χ1n) is 9.63. The molecule has 29 heavy (non-hydrogen) atoms. The largest absolute Gasteiger partial charge is 0.467 e. The fraction of sp³-hybridized carbons (Fsp3) is 0.200. The number of methoxy groups -OCH3 is 1. The zero-order valence-electron chi connectivity index (χ0n) is 16.5. The van der Waals surface area contributed by atoms with Crippen LogP contribution in [0.2, 0.25) is 0 Å². The van der Waals surface area contributed by atoms with Crippen LogP contribution in [0.1, 0.15) is 28.4 Å². The van der Waals surface area contributed by atoms with Crippen LogP contribution < -0.4 is 0 Å². The molecule has 4 heteroatoms. The first-order chi connectivity index (χ1) is 14.1. The van der Waals surface area contributed by atoms with Gasteiger partial charge in [0.15, 0.2) is 6.10 Å². The van der Waals surface area contributed by atoms with E-state index in [9.17, 15) is 4.79 Å². The summed E-state index contributed by atoms with van der Waals surface area (Å²) in [5, 5.41) is 0. The molecule has 0 fully saturated rings. The molecule has 0 N–H and O–H groups in total. The molecule has 3 aromatic carbocycles. The van der Waals surface area contributed by atoms with E-state index in [1.54, 1.807) is 0 Å². The van der Waals surface area contributed by atoms with E-state index in [0.717, 1.165) is 22.3 Å². The maximum Gasteiger partial charge on any atom is 0.338 e. The third-order valence-electron chi connectivity index (χ3n) is 5.18. The molecule has 1 heterocycles. The Hall–Kier alpha value is -3.40. The molecule has 146 valence electrons. The van der Waals surface area contributed by atoms with E-state index in [0.29, 0.717) is 12.3 Å². The van der Waals surface area contributed by atoms with Gasteiger partial charge >= 0.3 is 5.97 Å². The zero-order chi connectivity index (χ0) is 20.3. The lowest BCUT2D eigenvalue weighted by molar-refractivity contribution is -0.149. The lowest BCUT2D eigenvalue weighted by Gasteiger charge is -2.29. The number of hydrogen-bond acceptors (Lipinski definition) is 4. The third kappa shape index (κ3) is 3.66. The number of benzene rings is 3. The number of ether oxygens (including phenoxy) is 2. The standard InChI is InChI=1S/C25H23NO3/c1-18-10-9-11-19(16-18)17-25(24(27)28-2)22(20-12-5-3-6-13-20)29-23(26-25)21-14-7-4-8-15-21/h3-16,22H,17H2,1-2H3/t22-,25-/m0/s1. The van der Waals surface area contributed by atoms with Crippen LogP contribution in [0, 0.1) is 6.92 Å². The Morgan fingerprint density at radius 1 is 1.00 bits per heavy atom. The summed E-state index contributed by atoms with van der Waals surface area (Å²) in [6.07, 6.45) is -0.191. The number of carbonyl (C=O) groups is 1. The minimum absolute atomic E-state index is 0.386. The van der Waals surface area contributed by atoms with E-state index < -0.39 is 17.6 Å². The summed E-state index contributed by atoms with van der Waals surface area (Å²) in [6, 6.07) is 27.5.